The maximum atomic E-state index is 13.2. The summed E-state index contributed by atoms with van der Waals surface area (Å²) in [5.74, 6) is -0.560. The third-order valence-electron chi connectivity index (χ3n) is 2.38. The van der Waals surface area contributed by atoms with E-state index in [1.54, 1.807) is 12.1 Å². The maximum Gasteiger partial charge on any atom is 0.172 e. The molecule has 1 unspecified atom stereocenters. The zero-order valence-electron chi connectivity index (χ0n) is 8.27. The van der Waals surface area contributed by atoms with Gasteiger partial charge in [-0.15, -0.1) is 0 Å². The topological polar surface area (TPSA) is 33.4 Å². The molecule has 1 aromatic heterocycles. The maximum absolute atomic E-state index is 13.2. The molecule has 0 aliphatic carbocycles. The smallest absolute Gasteiger partial charge is 0.172 e. The summed E-state index contributed by atoms with van der Waals surface area (Å²) in [7, 11) is 0. The lowest BCUT2D eigenvalue weighted by molar-refractivity contribution is 0.182. The van der Waals surface area contributed by atoms with Crippen LogP contribution in [0.2, 0.25) is 0 Å². The first-order valence-corrected chi connectivity index (χ1v) is 4.66. The molecule has 0 aliphatic heterocycles. The highest BCUT2D eigenvalue weighted by Crippen LogP contribution is 2.26. The van der Waals surface area contributed by atoms with Crippen molar-refractivity contribution in [2.75, 3.05) is 0 Å². The summed E-state index contributed by atoms with van der Waals surface area (Å²) in [6.07, 6.45) is 0.188. The number of benzene rings is 1. The summed E-state index contributed by atoms with van der Waals surface area (Å²) in [6.45, 7) is 1.86. The SMILES string of the molecule is Cc1ccccc1C(O)c1occc1F. The van der Waals surface area contributed by atoms with Crippen LogP contribution in [-0.2, 0) is 0 Å². The molecule has 0 bridgehead atoms. The number of hydrogen-bond donors (Lipinski definition) is 1. The van der Waals surface area contributed by atoms with Gasteiger partial charge in [-0.25, -0.2) is 4.39 Å². The third kappa shape index (κ3) is 1.78. The third-order valence-corrected chi connectivity index (χ3v) is 2.38. The highest BCUT2D eigenvalue weighted by atomic mass is 19.1. The minimum absolute atomic E-state index is 0.0377. The summed E-state index contributed by atoms with van der Waals surface area (Å²) in [5.41, 5.74) is 1.56. The second-order valence-electron chi connectivity index (χ2n) is 3.39. The van der Waals surface area contributed by atoms with Crippen LogP contribution in [0.25, 0.3) is 0 Å². The summed E-state index contributed by atoms with van der Waals surface area (Å²) in [6, 6.07) is 8.47. The lowest BCUT2D eigenvalue weighted by Crippen LogP contribution is -2.02. The molecule has 0 radical (unpaired) electrons. The number of aryl methyl sites for hydroxylation is 1. The average Bonchev–Trinajstić information content (AvgIpc) is 2.64. The molecule has 2 aromatic rings. The van der Waals surface area contributed by atoms with Gasteiger partial charge in [0.15, 0.2) is 11.6 Å². The van der Waals surface area contributed by atoms with Gasteiger partial charge in [-0.3, -0.25) is 0 Å². The first-order valence-electron chi connectivity index (χ1n) is 4.66. The van der Waals surface area contributed by atoms with Crippen LogP contribution in [0.4, 0.5) is 4.39 Å². The van der Waals surface area contributed by atoms with Gasteiger partial charge in [0.2, 0.25) is 0 Å². The van der Waals surface area contributed by atoms with Crippen molar-refractivity contribution in [1.29, 1.82) is 0 Å². The van der Waals surface area contributed by atoms with Crippen molar-refractivity contribution in [2.24, 2.45) is 0 Å². The molecular weight excluding hydrogens is 195 g/mol. The Balaban J connectivity index is 2.41. The Labute approximate surface area is 87.0 Å². The zero-order chi connectivity index (χ0) is 10.8. The summed E-state index contributed by atoms with van der Waals surface area (Å²) in [4.78, 5) is 0. The molecule has 1 N–H and O–H groups in total. The van der Waals surface area contributed by atoms with Gasteiger partial charge < -0.3 is 9.52 Å². The number of rotatable bonds is 2. The van der Waals surface area contributed by atoms with Crippen LogP contribution in [0.3, 0.4) is 0 Å². The Morgan fingerprint density at radius 2 is 2.00 bits per heavy atom. The summed E-state index contributed by atoms with van der Waals surface area (Å²) >= 11 is 0. The van der Waals surface area contributed by atoms with Crippen LogP contribution in [0, 0.1) is 12.7 Å². The van der Waals surface area contributed by atoms with Gasteiger partial charge in [0.1, 0.15) is 6.10 Å². The number of aliphatic hydroxyl groups excluding tert-OH is 1. The molecule has 78 valence electrons. The van der Waals surface area contributed by atoms with E-state index in [0.717, 1.165) is 5.56 Å². The van der Waals surface area contributed by atoms with Gasteiger partial charge in [-0.2, -0.15) is 0 Å². The van der Waals surface area contributed by atoms with Crippen molar-refractivity contribution in [1.82, 2.24) is 0 Å². The van der Waals surface area contributed by atoms with Gasteiger partial charge in [0.25, 0.3) is 0 Å². The molecule has 2 rings (SSSR count). The van der Waals surface area contributed by atoms with E-state index in [1.807, 2.05) is 19.1 Å². The van der Waals surface area contributed by atoms with E-state index in [4.69, 9.17) is 4.42 Å². The Morgan fingerprint density at radius 1 is 1.27 bits per heavy atom. The number of aliphatic hydroxyl groups is 1. The summed E-state index contributed by atoms with van der Waals surface area (Å²) < 4.78 is 18.1. The predicted molar refractivity (Wildman–Crippen MR) is 53.9 cm³/mol. The molecule has 3 heteroatoms. The van der Waals surface area contributed by atoms with Crippen LogP contribution < -0.4 is 0 Å². The van der Waals surface area contributed by atoms with Crippen LogP contribution in [-0.4, -0.2) is 5.11 Å². The van der Waals surface area contributed by atoms with Crippen molar-refractivity contribution < 1.29 is 13.9 Å². The fourth-order valence-electron chi connectivity index (χ4n) is 1.54. The zero-order valence-corrected chi connectivity index (χ0v) is 8.27. The van der Waals surface area contributed by atoms with Gasteiger partial charge >= 0.3 is 0 Å². The number of hydrogen-bond acceptors (Lipinski definition) is 2. The van der Waals surface area contributed by atoms with Gasteiger partial charge in [-0.1, -0.05) is 24.3 Å². The van der Waals surface area contributed by atoms with Crippen LogP contribution >= 0.6 is 0 Å². The van der Waals surface area contributed by atoms with Gasteiger partial charge in [-0.05, 0) is 18.1 Å². The second-order valence-corrected chi connectivity index (χ2v) is 3.39. The lowest BCUT2D eigenvalue weighted by Gasteiger charge is -2.10. The van der Waals surface area contributed by atoms with Gasteiger partial charge in [0.05, 0.1) is 6.26 Å². The Hall–Kier alpha value is -1.61. The van der Waals surface area contributed by atoms with Crippen LogP contribution in [0.1, 0.15) is 23.0 Å². The molecule has 0 spiro atoms. The van der Waals surface area contributed by atoms with E-state index in [-0.39, 0.29) is 5.76 Å². The first-order chi connectivity index (χ1) is 7.20. The summed E-state index contributed by atoms with van der Waals surface area (Å²) in [5, 5.41) is 9.91. The fraction of sp³-hybridized carbons (Fsp3) is 0.167. The van der Waals surface area contributed by atoms with E-state index in [0.29, 0.717) is 5.56 Å². The molecule has 0 fully saturated rings. The molecule has 1 heterocycles. The quantitative estimate of drug-likeness (QED) is 0.819. The van der Waals surface area contributed by atoms with E-state index in [9.17, 15) is 9.50 Å². The highest BCUT2D eigenvalue weighted by Gasteiger charge is 2.19. The standard InChI is InChI=1S/C12H11FO2/c1-8-4-2-3-5-9(8)11(14)12-10(13)6-7-15-12/h2-7,11,14H,1H3. The van der Waals surface area contributed by atoms with Crippen molar-refractivity contribution in [2.45, 2.75) is 13.0 Å². The molecule has 0 amide bonds. The number of furan rings is 1. The monoisotopic (exact) mass is 206 g/mol. The molecular formula is C12H11FO2. The molecule has 15 heavy (non-hydrogen) atoms. The van der Waals surface area contributed by atoms with Crippen molar-refractivity contribution in [3.63, 3.8) is 0 Å². The minimum atomic E-state index is -1.04. The Kier molecular flexibility index (Phi) is 2.56. The number of halogens is 1. The van der Waals surface area contributed by atoms with E-state index in [2.05, 4.69) is 0 Å². The van der Waals surface area contributed by atoms with Crippen LogP contribution in [0.5, 0.6) is 0 Å². The minimum Gasteiger partial charge on any atom is -0.463 e. The lowest BCUT2D eigenvalue weighted by atomic mass is 10.0. The molecule has 1 atom stereocenters. The molecule has 1 aromatic carbocycles. The molecule has 0 saturated heterocycles. The van der Waals surface area contributed by atoms with Crippen molar-refractivity contribution >= 4 is 0 Å². The predicted octanol–water partition coefficient (Wildman–Crippen LogP) is 2.81. The molecule has 0 aliphatic rings. The van der Waals surface area contributed by atoms with E-state index < -0.39 is 11.9 Å². The molecule has 2 nitrogen and oxygen atoms in total. The van der Waals surface area contributed by atoms with Crippen LogP contribution in [0.15, 0.2) is 41.0 Å². The van der Waals surface area contributed by atoms with E-state index >= 15 is 0 Å². The Morgan fingerprint density at radius 3 is 2.60 bits per heavy atom. The highest BCUT2D eigenvalue weighted by molar-refractivity contribution is 5.32. The van der Waals surface area contributed by atoms with Crippen molar-refractivity contribution in [3.05, 3.63) is 59.3 Å². The van der Waals surface area contributed by atoms with Gasteiger partial charge in [0, 0.05) is 6.07 Å². The second kappa shape index (κ2) is 3.87. The van der Waals surface area contributed by atoms with Crippen molar-refractivity contribution in [3.8, 4) is 0 Å². The normalized spacial score (nSPS) is 12.7. The molecule has 0 saturated carbocycles. The average molecular weight is 206 g/mol. The Bertz CT molecular complexity index is 462. The van der Waals surface area contributed by atoms with E-state index in [1.165, 1.54) is 12.3 Å². The first kappa shape index (κ1) is 9.93. The largest absolute Gasteiger partial charge is 0.463 e. The fourth-order valence-corrected chi connectivity index (χ4v) is 1.54.